The van der Waals surface area contributed by atoms with Crippen LogP contribution in [0, 0.1) is 0 Å². The lowest BCUT2D eigenvalue weighted by Gasteiger charge is -2.18. The molecule has 2 rings (SSSR count). The van der Waals surface area contributed by atoms with Crippen LogP contribution in [0.2, 0.25) is 0 Å². The summed E-state index contributed by atoms with van der Waals surface area (Å²) in [6, 6.07) is 11.9. The van der Waals surface area contributed by atoms with Crippen molar-refractivity contribution >= 4 is 10.0 Å². The van der Waals surface area contributed by atoms with Gasteiger partial charge in [0.25, 0.3) is 0 Å². The van der Waals surface area contributed by atoms with E-state index in [2.05, 4.69) is 0 Å². The van der Waals surface area contributed by atoms with E-state index < -0.39 is 10.0 Å². The van der Waals surface area contributed by atoms with Gasteiger partial charge < -0.3 is 14.2 Å². The summed E-state index contributed by atoms with van der Waals surface area (Å²) in [6.07, 6.45) is 0.562. The predicted octanol–water partition coefficient (Wildman–Crippen LogP) is 2.58. The molecule has 6 nitrogen and oxygen atoms in total. The van der Waals surface area contributed by atoms with Crippen LogP contribution in [-0.2, 0) is 16.4 Å². The van der Waals surface area contributed by atoms with Gasteiger partial charge in [0.15, 0.2) is 11.5 Å². The zero-order valence-corrected chi connectivity index (χ0v) is 15.7. The Labute approximate surface area is 149 Å². The third kappa shape index (κ3) is 4.43. The van der Waals surface area contributed by atoms with Crippen LogP contribution in [0.25, 0.3) is 0 Å². The van der Waals surface area contributed by atoms with Gasteiger partial charge in [-0.25, -0.2) is 12.7 Å². The smallest absolute Gasteiger partial charge is 0.242 e. The molecule has 0 saturated heterocycles. The minimum absolute atomic E-state index is 0.239. The summed E-state index contributed by atoms with van der Waals surface area (Å²) in [7, 11) is 2.72. The van der Waals surface area contributed by atoms with Crippen molar-refractivity contribution < 1.29 is 22.6 Å². The molecule has 0 fully saturated rings. The second-order valence-corrected chi connectivity index (χ2v) is 7.49. The van der Waals surface area contributed by atoms with Gasteiger partial charge >= 0.3 is 0 Å². The maximum absolute atomic E-state index is 12.6. The molecule has 136 valence electrons. The second-order valence-electron chi connectivity index (χ2n) is 5.44. The maximum atomic E-state index is 12.6. The summed E-state index contributed by atoms with van der Waals surface area (Å²) < 4.78 is 42.1. The highest BCUT2D eigenvalue weighted by molar-refractivity contribution is 7.89. The van der Waals surface area contributed by atoms with Crippen LogP contribution < -0.4 is 14.2 Å². The number of sulfonamides is 1. The molecule has 7 heteroatoms. The van der Waals surface area contributed by atoms with Crippen LogP contribution in [-0.4, -0.2) is 47.6 Å². The highest BCUT2D eigenvalue weighted by Crippen LogP contribution is 2.28. The Balaban J connectivity index is 2.09. The Morgan fingerprint density at radius 2 is 1.52 bits per heavy atom. The Morgan fingerprint density at radius 1 is 0.880 bits per heavy atom. The standard InChI is InChI=1S/C18H23NO5S/c1-19(25(20,21)16-8-6-15(22-2)7-9-16)12-11-14-5-10-17(23-3)18(13-14)24-4/h5-10,13H,11-12H2,1-4H3. The van der Waals surface area contributed by atoms with E-state index in [0.29, 0.717) is 30.2 Å². The van der Waals surface area contributed by atoms with Crippen molar-refractivity contribution in [3.63, 3.8) is 0 Å². The molecule has 0 bridgehead atoms. The average molecular weight is 365 g/mol. The molecular weight excluding hydrogens is 342 g/mol. The predicted molar refractivity (Wildman–Crippen MR) is 96.1 cm³/mol. The summed E-state index contributed by atoms with van der Waals surface area (Å²) in [5.74, 6) is 1.89. The van der Waals surface area contributed by atoms with Crippen molar-refractivity contribution in [2.75, 3.05) is 34.9 Å². The zero-order valence-electron chi connectivity index (χ0n) is 14.9. The number of benzene rings is 2. The molecule has 0 atom stereocenters. The van der Waals surface area contributed by atoms with Gasteiger partial charge in [-0.05, 0) is 48.4 Å². The largest absolute Gasteiger partial charge is 0.497 e. The number of hydrogen-bond acceptors (Lipinski definition) is 5. The first-order valence-corrected chi connectivity index (χ1v) is 9.17. The van der Waals surface area contributed by atoms with Crippen LogP contribution in [0.1, 0.15) is 5.56 Å². The van der Waals surface area contributed by atoms with E-state index >= 15 is 0 Å². The lowest BCUT2D eigenvalue weighted by molar-refractivity contribution is 0.354. The van der Waals surface area contributed by atoms with Crippen LogP contribution >= 0.6 is 0 Å². The van der Waals surface area contributed by atoms with Crippen LogP contribution in [0.15, 0.2) is 47.4 Å². The fraction of sp³-hybridized carbons (Fsp3) is 0.333. The van der Waals surface area contributed by atoms with Crippen molar-refractivity contribution in [1.29, 1.82) is 0 Å². The second kappa shape index (κ2) is 8.22. The summed E-state index contributed by atoms with van der Waals surface area (Å²) in [6.45, 7) is 0.351. The van der Waals surface area contributed by atoms with Gasteiger partial charge in [-0.3, -0.25) is 0 Å². The average Bonchev–Trinajstić information content (AvgIpc) is 2.65. The van der Waals surface area contributed by atoms with Gasteiger partial charge in [0.2, 0.25) is 10.0 Å². The van der Waals surface area contributed by atoms with E-state index in [4.69, 9.17) is 14.2 Å². The zero-order chi connectivity index (χ0) is 18.4. The number of ether oxygens (including phenoxy) is 3. The van der Waals surface area contributed by atoms with E-state index in [9.17, 15) is 8.42 Å². The van der Waals surface area contributed by atoms with E-state index in [-0.39, 0.29) is 4.90 Å². The molecule has 0 N–H and O–H groups in total. The van der Waals surface area contributed by atoms with E-state index in [1.54, 1.807) is 52.6 Å². The van der Waals surface area contributed by atoms with E-state index in [1.165, 1.54) is 4.31 Å². The molecule has 2 aromatic rings. The topological polar surface area (TPSA) is 65.1 Å². The summed E-state index contributed by atoms with van der Waals surface area (Å²) in [5.41, 5.74) is 0.967. The number of likely N-dealkylation sites (N-methyl/N-ethyl adjacent to an activating group) is 1. The molecule has 0 aliphatic heterocycles. The first-order chi connectivity index (χ1) is 11.9. The van der Waals surface area contributed by atoms with Crippen LogP contribution in [0.4, 0.5) is 0 Å². The molecule has 0 saturated carbocycles. The van der Waals surface area contributed by atoms with Gasteiger partial charge in [0, 0.05) is 13.6 Å². The summed E-state index contributed by atoms with van der Waals surface area (Å²) in [5, 5.41) is 0. The number of hydrogen-bond donors (Lipinski definition) is 0. The fourth-order valence-corrected chi connectivity index (χ4v) is 3.54. The number of methoxy groups -OCH3 is 3. The highest BCUT2D eigenvalue weighted by Gasteiger charge is 2.20. The minimum atomic E-state index is -3.54. The first-order valence-electron chi connectivity index (χ1n) is 7.73. The summed E-state index contributed by atoms with van der Waals surface area (Å²) >= 11 is 0. The third-order valence-electron chi connectivity index (χ3n) is 3.93. The molecule has 2 aromatic carbocycles. The summed E-state index contributed by atoms with van der Waals surface area (Å²) in [4.78, 5) is 0.239. The molecule has 0 aliphatic carbocycles. The molecule has 0 unspecified atom stereocenters. The number of rotatable bonds is 8. The molecular formula is C18H23NO5S. The fourth-order valence-electron chi connectivity index (χ4n) is 2.37. The highest BCUT2D eigenvalue weighted by atomic mass is 32.2. The third-order valence-corrected chi connectivity index (χ3v) is 5.80. The maximum Gasteiger partial charge on any atom is 0.242 e. The van der Waals surface area contributed by atoms with Crippen molar-refractivity contribution in [2.24, 2.45) is 0 Å². The normalized spacial score (nSPS) is 11.4. The Kier molecular flexibility index (Phi) is 6.27. The molecule has 0 aromatic heterocycles. The van der Waals surface area contributed by atoms with Gasteiger partial charge in [-0.1, -0.05) is 6.07 Å². The SMILES string of the molecule is COc1ccc(S(=O)(=O)N(C)CCc2ccc(OC)c(OC)c2)cc1. The van der Waals surface area contributed by atoms with Crippen molar-refractivity contribution in [2.45, 2.75) is 11.3 Å². The van der Waals surface area contributed by atoms with Crippen molar-refractivity contribution in [3.8, 4) is 17.2 Å². The Bertz CT molecular complexity index is 803. The Morgan fingerprint density at radius 3 is 2.08 bits per heavy atom. The van der Waals surface area contributed by atoms with Gasteiger partial charge in [0.1, 0.15) is 5.75 Å². The first kappa shape index (κ1) is 19.1. The lowest BCUT2D eigenvalue weighted by atomic mass is 10.1. The van der Waals surface area contributed by atoms with Gasteiger partial charge in [-0.2, -0.15) is 0 Å². The van der Waals surface area contributed by atoms with Crippen molar-refractivity contribution in [3.05, 3.63) is 48.0 Å². The van der Waals surface area contributed by atoms with Crippen LogP contribution in [0.3, 0.4) is 0 Å². The molecule has 0 heterocycles. The lowest BCUT2D eigenvalue weighted by Crippen LogP contribution is -2.29. The van der Waals surface area contributed by atoms with Gasteiger partial charge in [0.05, 0.1) is 26.2 Å². The van der Waals surface area contributed by atoms with Crippen LogP contribution in [0.5, 0.6) is 17.2 Å². The monoisotopic (exact) mass is 365 g/mol. The Hall–Kier alpha value is -2.25. The molecule has 25 heavy (non-hydrogen) atoms. The minimum Gasteiger partial charge on any atom is -0.497 e. The van der Waals surface area contributed by atoms with E-state index in [0.717, 1.165) is 5.56 Å². The molecule has 0 spiro atoms. The molecule has 0 amide bonds. The molecule has 0 aliphatic rings. The number of nitrogens with zero attached hydrogens (tertiary/aromatic N) is 1. The quantitative estimate of drug-likeness (QED) is 0.719. The molecule has 0 radical (unpaired) electrons. The van der Waals surface area contributed by atoms with Gasteiger partial charge in [-0.15, -0.1) is 0 Å². The van der Waals surface area contributed by atoms with Crippen molar-refractivity contribution in [1.82, 2.24) is 4.31 Å². The van der Waals surface area contributed by atoms with E-state index in [1.807, 2.05) is 18.2 Å².